The summed E-state index contributed by atoms with van der Waals surface area (Å²) in [6.45, 7) is 2.99. The topological polar surface area (TPSA) is 55.5 Å². The van der Waals surface area contributed by atoms with Gasteiger partial charge in [0.25, 0.3) is 0 Å². The molecule has 0 aliphatic heterocycles. The van der Waals surface area contributed by atoms with Crippen LogP contribution in [0.2, 0.25) is 0 Å². The molecule has 0 heterocycles. The van der Waals surface area contributed by atoms with E-state index in [-0.39, 0.29) is 5.75 Å². The predicted octanol–water partition coefficient (Wildman–Crippen LogP) is 1.51. The van der Waals surface area contributed by atoms with Crippen molar-refractivity contribution in [1.82, 2.24) is 0 Å². The number of hydrogen-bond acceptors (Lipinski definition) is 3. The average Bonchev–Trinajstić information content (AvgIpc) is 2.03. The number of rotatable bonds is 3. The summed E-state index contributed by atoms with van der Waals surface area (Å²) < 4.78 is 5.14. The molecule has 0 radical (unpaired) electrons. The summed E-state index contributed by atoms with van der Waals surface area (Å²) >= 11 is 0. The summed E-state index contributed by atoms with van der Waals surface area (Å²) in [6.07, 6.45) is 0. The Kier molecular flexibility index (Phi) is 2.94. The van der Waals surface area contributed by atoms with Crippen LogP contribution in [-0.4, -0.2) is 11.7 Å². The number of anilines is 1. The summed E-state index contributed by atoms with van der Waals surface area (Å²) in [5, 5.41) is 9.36. The van der Waals surface area contributed by atoms with E-state index in [1.54, 1.807) is 12.1 Å². The summed E-state index contributed by atoms with van der Waals surface area (Å²) in [4.78, 5) is 0. The maximum atomic E-state index is 9.36. The van der Waals surface area contributed by atoms with E-state index in [1.165, 1.54) is 6.07 Å². The van der Waals surface area contributed by atoms with E-state index in [4.69, 9.17) is 10.5 Å². The zero-order valence-corrected chi connectivity index (χ0v) is 7.08. The number of benzene rings is 1. The molecule has 1 aromatic rings. The van der Waals surface area contributed by atoms with Crippen LogP contribution in [0.1, 0.15) is 12.5 Å². The molecule has 0 atom stereocenters. The molecule has 3 N–H and O–H groups in total. The maximum Gasteiger partial charge on any atom is 0.123 e. The fourth-order valence-electron chi connectivity index (χ4n) is 0.915. The third-order valence-corrected chi connectivity index (χ3v) is 1.57. The summed E-state index contributed by atoms with van der Waals surface area (Å²) in [5.41, 5.74) is 6.79. The molecular formula is C9H13NO2. The average molecular weight is 167 g/mol. The summed E-state index contributed by atoms with van der Waals surface area (Å²) in [5.74, 6) is 0.198. The third-order valence-electron chi connectivity index (χ3n) is 1.57. The lowest BCUT2D eigenvalue weighted by molar-refractivity contribution is 0.132. The highest BCUT2D eigenvalue weighted by Crippen LogP contribution is 2.20. The van der Waals surface area contributed by atoms with Crippen molar-refractivity contribution in [3.8, 4) is 5.75 Å². The SMILES string of the molecule is CCOCc1ccc(N)cc1O. The number of nitrogen functional groups attached to an aromatic ring is 1. The second-order valence-electron chi connectivity index (χ2n) is 2.53. The first-order valence-corrected chi connectivity index (χ1v) is 3.89. The standard InChI is InChI=1S/C9H13NO2/c1-2-12-6-7-3-4-8(10)5-9(7)11/h3-5,11H,2,6,10H2,1H3. The molecule has 0 aromatic heterocycles. The highest BCUT2D eigenvalue weighted by Gasteiger charge is 1.99. The molecule has 1 rings (SSSR count). The van der Waals surface area contributed by atoms with Crippen LogP contribution in [0.5, 0.6) is 5.75 Å². The number of hydrogen-bond donors (Lipinski definition) is 2. The Morgan fingerprint density at radius 1 is 1.50 bits per heavy atom. The number of ether oxygens (including phenoxy) is 1. The van der Waals surface area contributed by atoms with E-state index in [0.29, 0.717) is 18.9 Å². The summed E-state index contributed by atoms with van der Waals surface area (Å²) in [6, 6.07) is 5.03. The number of phenolic OH excluding ortho intramolecular Hbond substituents is 1. The van der Waals surface area contributed by atoms with E-state index in [1.807, 2.05) is 6.92 Å². The lowest BCUT2D eigenvalue weighted by Gasteiger charge is -2.04. The highest BCUT2D eigenvalue weighted by molar-refractivity contribution is 5.47. The Morgan fingerprint density at radius 3 is 2.83 bits per heavy atom. The molecule has 12 heavy (non-hydrogen) atoms. The van der Waals surface area contributed by atoms with Crippen molar-refractivity contribution in [3.05, 3.63) is 23.8 Å². The van der Waals surface area contributed by atoms with Gasteiger partial charge in [0.05, 0.1) is 6.61 Å². The molecule has 0 amide bonds. The molecular weight excluding hydrogens is 154 g/mol. The first kappa shape index (κ1) is 8.87. The second kappa shape index (κ2) is 3.97. The molecule has 0 unspecified atom stereocenters. The van der Waals surface area contributed by atoms with Crippen LogP contribution in [0.4, 0.5) is 5.69 Å². The molecule has 0 aliphatic carbocycles. The number of aromatic hydroxyl groups is 1. The fourth-order valence-corrected chi connectivity index (χ4v) is 0.915. The van der Waals surface area contributed by atoms with E-state index < -0.39 is 0 Å². The van der Waals surface area contributed by atoms with E-state index in [9.17, 15) is 5.11 Å². The Balaban J connectivity index is 2.72. The molecule has 0 aliphatic rings. The monoisotopic (exact) mass is 167 g/mol. The maximum absolute atomic E-state index is 9.36. The molecule has 0 bridgehead atoms. The predicted molar refractivity (Wildman–Crippen MR) is 47.8 cm³/mol. The van der Waals surface area contributed by atoms with Gasteiger partial charge in [0.1, 0.15) is 5.75 Å². The molecule has 0 saturated heterocycles. The van der Waals surface area contributed by atoms with Crippen LogP contribution in [0, 0.1) is 0 Å². The van der Waals surface area contributed by atoms with Gasteiger partial charge in [0.2, 0.25) is 0 Å². The van der Waals surface area contributed by atoms with Crippen LogP contribution in [0.25, 0.3) is 0 Å². The van der Waals surface area contributed by atoms with Crippen molar-refractivity contribution >= 4 is 5.69 Å². The van der Waals surface area contributed by atoms with Gasteiger partial charge in [-0.15, -0.1) is 0 Å². The van der Waals surface area contributed by atoms with E-state index in [0.717, 1.165) is 5.56 Å². The van der Waals surface area contributed by atoms with Gasteiger partial charge in [-0.05, 0) is 13.0 Å². The van der Waals surface area contributed by atoms with Gasteiger partial charge >= 0.3 is 0 Å². The van der Waals surface area contributed by atoms with Crippen LogP contribution in [0.15, 0.2) is 18.2 Å². The molecule has 1 aromatic carbocycles. The zero-order valence-electron chi connectivity index (χ0n) is 7.08. The van der Waals surface area contributed by atoms with E-state index >= 15 is 0 Å². The van der Waals surface area contributed by atoms with Gasteiger partial charge in [-0.3, -0.25) is 0 Å². The molecule has 3 heteroatoms. The minimum atomic E-state index is 0.198. The normalized spacial score (nSPS) is 10.1. The second-order valence-corrected chi connectivity index (χ2v) is 2.53. The minimum absolute atomic E-state index is 0.198. The fraction of sp³-hybridized carbons (Fsp3) is 0.333. The van der Waals surface area contributed by atoms with Crippen LogP contribution in [-0.2, 0) is 11.3 Å². The van der Waals surface area contributed by atoms with Gasteiger partial charge in [-0.1, -0.05) is 6.07 Å². The Bertz CT molecular complexity index is 261. The Hall–Kier alpha value is -1.22. The van der Waals surface area contributed by atoms with E-state index in [2.05, 4.69) is 0 Å². The molecule has 66 valence electrons. The van der Waals surface area contributed by atoms with Crippen LogP contribution in [0.3, 0.4) is 0 Å². The van der Waals surface area contributed by atoms with Crippen molar-refractivity contribution in [2.75, 3.05) is 12.3 Å². The Morgan fingerprint density at radius 2 is 2.25 bits per heavy atom. The van der Waals surface area contributed by atoms with Crippen LogP contribution < -0.4 is 5.73 Å². The largest absolute Gasteiger partial charge is 0.508 e. The van der Waals surface area contributed by atoms with Crippen molar-refractivity contribution in [2.24, 2.45) is 0 Å². The lowest BCUT2D eigenvalue weighted by Crippen LogP contribution is -1.93. The van der Waals surface area contributed by atoms with Crippen molar-refractivity contribution in [2.45, 2.75) is 13.5 Å². The molecule has 3 nitrogen and oxygen atoms in total. The summed E-state index contributed by atoms with van der Waals surface area (Å²) in [7, 11) is 0. The Labute approximate surface area is 71.8 Å². The first-order chi connectivity index (χ1) is 5.74. The number of nitrogens with two attached hydrogens (primary N) is 1. The van der Waals surface area contributed by atoms with Crippen LogP contribution >= 0.6 is 0 Å². The van der Waals surface area contributed by atoms with Crippen molar-refractivity contribution in [1.29, 1.82) is 0 Å². The minimum Gasteiger partial charge on any atom is -0.508 e. The lowest BCUT2D eigenvalue weighted by atomic mass is 10.2. The smallest absolute Gasteiger partial charge is 0.123 e. The van der Waals surface area contributed by atoms with Gasteiger partial charge < -0.3 is 15.6 Å². The van der Waals surface area contributed by atoms with Crippen molar-refractivity contribution < 1.29 is 9.84 Å². The first-order valence-electron chi connectivity index (χ1n) is 3.89. The van der Waals surface area contributed by atoms with Gasteiger partial charge in [0, 0.05) is 23.9 Å². The number of phenols is 1. The zero-order chi connectivity index (χ0) is 8.97. The van der Waals surface area contributed by atoms with Gasteiger partial charge in [-0.25, -0.2) is 0 Å². The molecule has 0 saturated carbocycles. The van der Waals surface area contributed by atoms with Gasteiger partial charge in [0.15, 0.2) is 0 Å². The quantitative estimate of drug-likeness (QED) is 0.671. The third kappa shape index (κ3) is 2.13. The highest BCUT2D eigenvalue weighted by atomic mass is 16.5. The molecule has 0 spiro atoms. The molecule has 0 fully saturated rings. The van der Waals surface area contributed by atoms with Crippen molar-refractivity contribution in [3.63, 3.8) is 0 Å². The van der Waals surface area contributed by atoms with Gasteiger partial charge in [-0.2, -0.15) is 0 Å².